The maximum Gasteiger partial charge on any atom is 0.203 e. The van der Waals surface area contributed by atoms with Crippen molar-refractivity contribution in [3.05, 3.63) is 65.5 Å². The van der Waals surface area contributed by atoms with Gasteiger partial charge in [0.1, 0.15) is 0 Å². The molecule has 1 aromatic heterocycles. The number of rotatable bonds is 5. The highest BCUT2D eigenvalue weighted by molar-refractivity contribution is 8.14. The highest BCUT2D eigenvalue weighted by Crippen LogP contribution is 2.24. The molecule has 142 valence electrons. The van der Waals surface area contributed by atoms with Crippen LogP contribution in [0.5, 0.6) is 0 Å². The number of nitrogens with one attached hydrogen (secondary N) is 2. The van der Waals surface area contributed by atoms with Gasteiger partial charge in [0.05, 0.1) is 11.4 Å². The molecule has 2 aromatic carbocycles. The van der Waals surface area contributed by atoms with Gasteiger partial charge >= 0.3 is 0 Å². The number of hydrogen-bond donors (Lipinski definition) is 2. The minimum absolute atomic E-state index is 0.781. The van der Waals surface area contributed by atoms with Crippen molar-refractivity contribution in [3.8, 4) is 11.3 Å². The number of hydrazone groups is 1. The Kier molecular flexibility index (Phi) is 6.04. The summed E-state index contributed by atoms with van der Waals surface area (Å²) in [6.45, 7) is 2.90. The fraction of sp³-hybridized carbons (Fsp3) is 0.190. The van der Waals surface area contributed by atoms with Crippen LogP contribution < -0.4 is 10.7 Å². The first-order valence-corrected chi connectivity index (χ1v) is 11.0. The molecule has 1 aliphatic heterocycles. The molecule has 0 radical (unpaired) electrons. The van der Waals surface area contributed by atoms with Crippen LogP contribution in [0.3, 0.4) is 0 Å². The Labute approximate surface area is 173 Å². The van der Waals surface area contributed by atoms with E-state index in [1.54, 1.807) is 23.1 Å². The lowest BCUT2D eigenvalue weighted by Gasteiger charge is -2.13. The molecule has 0 spiro atoms. The Morgan fingerprint density at radius 1 is 1.07 bits per heavy atom. The molecule has 0 bridgehead atoms. The van der Waals surface area contributed by atoms with Crippen molar-refractivity contribution < 1.29 is 0 Å². The quantitative estimate of drug-likeness (QED) is 0.430. The number of benzene rings is 2. The number of nitrogens with zero attached hydrogens (tertiary/aromatic N) is 3. The Balaban J connectivity index is 1.39. The predicted molar refractivity (Wildman–Crippen MR) is 123 cm³/mol. The number of thiazole rings is 1. The van der Waals surface area contributed by atoms with Gasteiger partial charge in [0.15, 0.2) is 5.17 Å². The van der Waals surface area contributed by atoms with Crippen LogP contribution in [0.2, 0.25) is 0 Å². The van der Waals surface area contributed by atoms with Gasteiger partial charge in [0, 0.05) is 28.9 Å². The zero-order chi connectivity index (χ0) is 19.2. The average Bonchev–Trinajstić information content (AvgIpc) is 3.23. The smallest absolute Gasteiger partial charge is 0.203 e. The number of aromatic nitrogens is 1. The van der Waals surface area contributed by atoms with Gasteiger partial charge in [-0.3, -0.25) is 10.4 Å². The van der Waals surface area contributed by atoms with E-state index in [4.69, 9.17) is 0 Å². The third-order valence-corrected chi connectivity index (χ3v) is 5.99. The average molecular weight is 408 g/mol. The fourth-order valence-electron chi connectivity index (χ4n) is 2.72. The Hall–Kier alpha value is -2.64. The van der Waals surface area contributed by atoms with E-state index in [1.165, 1.54) is 0 Å². The van der Waals surface area contributed by atoms with Gasteiger partial charge in [-0.25, -0.2) is 4.98 Å². The lowest BCUT2D eigenvalue weighted by molar-refractivity contribution is 0.938. The molecule has 0 amide bonds. The van der Waals surface area contributed by atoms with E-state index in [0.717, 1.165) is 57.2 Å². The molecule has 0 saturated heterocycles. The third-order valence-electron chi connectivity index (χ3n) is 4.24. The molecule has 2 N–H and O–H groups in total. The van der Waals surface area contributed by atoms with E-state index in [9.17, 15) is 0 Å². The van der Waals surface area contributed by atoms with Gasteiger partial charge in [0.25, 0.3) is 0 Å². The topological polar surface area (TPSA) is 61.7 Å². The second kappa shape index (κ2) is 9.03. The van der Waals surface area contributed by atoms with E-state index in [1.807, 2.05) is 30.5 Å². The first-order chi connectivity index (χ1) is 13.8. The molecule has 0 aliphatic carbocycles. The standard InChI is InChI=1S/C21H21N5S2/c1-15(16-8-10-18(11-9-16)23-20-22-12-5-13-27-20)25-26-21-24-19(14-28-21)17-6-3-2-4-7-17/h2-4,6-11,14H,5,12-13H2,1H3,(H,22,23)(H,24,26)/b25-15-. The summed E-state index contributed by atoms with van der Waals surface area (Å²) < 4.78 is 0. The van der Waals surface area contributed by atoms with Crippen LogP contribution in [0.15, 0.2) is 70.1 Å². The minimum atomic E-state index is 0.781. The largest absolute Gasteiger partial charge is 0.335 e. The normalized spacial score (nSPS) is 14.5. The van der Waals surface area contributed by atoms with Gasteiger partial charge in [-0.2, -0.15) is 5.10 Å². The summed E-state index contributed by atoms with van der Waals surface area (Å²) in [6, 6.07) is 18.4. The van der Waals surface area contributed by atoms with Crippen LogP contribution in [0.25, 0.3) is 11.3 Å². The van der Waals surface area contributed by atoms with Crippen LogP contribution in [-0.4, -0.2) is 28.2 Å². The van der Waals surface area contributed by atoms with Crippen LogP contribution in [0.1, 0.15) is 18.9 Å². The van der Waals surface area contributed by atoms with E-state index >= 15 is 0 Å². The molecule has 7 heteroatoms. The molecule has 28 heavy (non-hydrogen) atoms. The van der Waals surface area contributed by atoms with Gasteiger partial charge in [0.2, 0.25) is 5.13 Å². The molecule has 0 atom stereocenters. The molecule has 4 rings (SSSR count). The maximum atomic E-state index is 4.60. The molecule has 0 saturated carbocycles. The van der Waals surface area contributed by atoms with E-state index in [2.05, 4.69) is 62.2 Å². The number of thioether (sulfide) groups is 1. The van der Waals surface area contributed by atoms with Crippen LogP contribution in [0, 0.1) is 0 Å². The van der Waals surface area contributed by atoms with E-state index in [0.29, 0.717) is 0 Å². The first-order valence-electron chi connectivity index (χ1n) is 9.14. The van der Waals surface area contributed by atoms with Crippen LogP contribution >= 0.6 is 23.1 Å². The monoisotopic (exact) mass is 407 g/mol. The van der Waals surface area contributed by atoms with Crippen LogP contribution in [-0.2, 0) is 0 Å². The fourth-order valence-corrected chi connectivity index (χ4v) is 4.22. The first kappa shape index (κ1) is 18.7. The summed E-state index contributed by atoms with van der Waals surface area (Å²) in [5.41, 5.74) is 8.16. The van der Waals surface area contributed by atoms with Crippen LogP contribution in [0.4, 0.5) is 10.8 Å². The zero-order valence-electron chi connectivity index (χ0n) is 15.6. The summed E-state index contributed by atoms with van der Waals surface area (Å²) in [6.07, 6.45) is 1.16. The lowest BCUT2D eigenvalue weighted by atomic mass is 10.1. The highest BCUT2D eigenvalue weighted by Gasteiger charge is 2.07. The summed E-state index contributed by atoms with van der Waals surface area (Å²) in [7, 11) is 0. The van der Waals surface area contributed by atoms with Gasteiger partial charge in [-0.05, 0) is 31.0 Å². The Bertz CT molecular complexity index is 978. The highest BCUT2D eigenvalue weighted by atomic mass is 32.2. The third kappa shape index (κ3) is 4.79. The summed E-state index contributed by atoms with van der Waals surface area (Å²) in [5, 5.41) is 11.7. The Morgan fingerprint density at radius 3 is 2.64 bits per heavy atom. The summed E-state index contributed by atoms with van der Waals surface area (Å²) in [4.78, 5) is 9.10. The minimum Gasteiger partial charge on any atom is -0.335 e. The van der Waals surface area contributed by atoms with Crippen molar-refractivity contribution in [2.45, 2.75) is 13.3 Å². The number of anilines is 2. The number of aliphatic imine (C=N–C) groups is 1. The van der Waals surface area contributed by atoms with Crippen molar-refractivity contribution in [1.82, 2.24) is 4.98 Å². The molecule has 1 aliphatic rings. The molecule has 5 nitrogen and oxygen atoms in total. The van der Waals surface area contributed by atoms with Crippen molar-refractivity contribution in [2.75, 3.05) is 23.0 Å². The summed E-state index contributed by atoms with van der Waals surface area (Å²) >= 11 is 3.32. The SMILES string of the molecule is C/C(=N/Nc1nc(-c2ccccc2)cs1)c1ccc(NC2=NCCCS2)cc1. The Morgan fingerprint density at radius 2 is 1.89 bits per heavy atom. The lowest BCUT2D eigenvalue weighted by Crippen LogP contribution is -2.13. The maximum absolute atomic E-state index is 4.60. The molecule has 0 fully saturated rings. The van der Waals surface area contributed by atoms with Crippen molar-refractivity contribution in [1.29, 1.82) is 0 Å². The van der Waals surface area contributed by atoms with Crippen molar-refractivity contribution >= 4 is 44.8 Å². The molecular weight excluding hydrogens is 386 g/mol. The molecule has 3 aromatic rings. The number of amidine groups is 1. The second-order valence-electron chi connectivity index (χ2n) is 6.30. The van der Waals surface area contributed by atoms with E-state index in [-0.39, 0.29) is 0 Å². The number of hydrogen-bond acceptors (Lipinski definition) is 7. The van der Waals surface area contributed by atoms with E-state index < -0.39 is 0 Å². The zero-order valence-corrected chi connectivity index (χ0v) is 17.2. The summed E-state index contributed by atoms with van der Waals surface area (Å²) in [5.74, 6) is 1.13. The second-order valence-corrected chi connectivity index (χ2v) is 8.25. The predicted octanol–water partition coefficient (Wildman–Crippen LogP) is 5.55. The molecule has 2 heterocycles. The van der Waals surface area contributed by atoms with Gasteiger partial charge in [-0.1, -0.05) is 54.2 Å². The molecular formula is C21H21N5S2. The molecule has 0 unspecified atom stereocenters. The van der Waals surface area contributed by atoms with Gasteiger partial charge in [-0.15, -0.1) is 11.3 Å². The van der Waals surface area contributed by atoms with Crippen molar-refractivity contribution in [3.63, 3.8) is 0 Å². The van der Waals surface area contributed by atoms with Crippen molar-refractivity contribution in [2.24, 2.45) is 10.1 Å². The van der Waals surface area contributed by atoms with Gasteiger partial charge < -0.3 is 5.32 Å².